The summed E-state index contributed by atoms with van der Waals surface area (Å²) in [6.45, 7) is 0. The zero-order chi connectivity index (χ0) is 15.3. The van der Waals surface area contributed by atoms with Crippen LogP contribution in [0.25, 0.3) is 33.5 Å². The largest absolute Gasteiger partial charge is 0.478 e. The van der Waals surface area contributed by atoms with E-state index < -0.39 is 5.97 Å². The van der Waals surface area contributed by atoms with Crippen molar-refractivity contribution in [1.29, 1.82) is 0 Å². The predicted octanol–water partition coefficient (Wildman–Crippen LogP) is 2.21. The van der Waals surface area contributed by atoms with E-state index in [9.17, 15) is 9.90 Å². The van der Waals surface area contributed by atoms with Crippen LogP contribution in [0.15, 0.2) is 36.7 Å². The molecular weight excluding hydrogens is 282 g/mol. The predicted molar refractivity (Wildman–Crippen MR) is 80.6 cm³/mol. The number of carbonyl (C=O) groups is 1. The second-order valence-electron chi connectivity index (χ2n) is 4.95. The number of hydrogen-bond donors (Lipinski definition) is 2. The van der Waals surface area contributed by atoms with E-state index in [1.165, 1.54) is 6.20 Å². The van der Waals surface area contributed by atoms with Gasteiger partial charge >= 0.3 is 5.97 Å². The van der Waals surface area contributed by atoms with E-state index >= 15 is 0 Å². The number of carboxylic acid groups (broad SMARTS) is 1. The molecule has 22 heavy (non-hydrogen) atoms. The smallest absolute Gasteiger partial charge is 0.339 e. The monoisotopic (exact) mass is 293 g/mol. The zero-order valence-corrected chi connectivity index (χ0v) is 11.6. The fourth-order valence-corrected chi connectivity index (χ4v) is 2.57. The molecule has 7 nitrogen and oxygen atoms in total. The number of hydrogen-bond acceptors (Lipinski definition) is 4. The first-order valence-electron chi connectivity index (χ1n) is 6.64. The average Bonchev–Trinajstić information content (AvgIpc) is 3.09. The highest BCUT2D eigenvalue weighted by molar-refractivity contribution is 6.01. The molecule has 0 saturated carbocycles. The Kier molecular flexibility index (Phi) is 2.50. The van der Waals surface area contributed by atoms with Crippen LogP contribution >= 0.6 is 0 Å². The molecule has 4 rings (SSSR count). The molecule has 3 heterocycles. The summed E-state index contributed by atoms with van der Waals surface area (Å²) in [7, 11) is 1.86. The number of aryl methyl sites for hydroxylation is 1. The summed E-state index contributed by atoms with van der Waals surface area (Å²) in [6, 6.07) is 7.80. The number of para-hydroxylation sites is 1. The van der Waals surface area contributed by atoms with Gasteiger partial charge in [-0.25, -0.2) is 14.8 Å². The van der Waals surface area contributed by atoms with Crippen molar-refractivity contribution < 1.29 is 9.90 Å². The quantitative estimate of drug-likeness (QED) is 0.590. The fourth-order valence-electron chi connectivity index (χ4n) is 2.57. The standard InChI is InChI=1S/C15H11N5O2/c1-20-11-5-3-2-4-8(11)12(19-20)10-7-17-14-13(18-10)9(6-16-14)15(21)22/h2-7H,1H3,(H,16,17)(H,21,22). The molecule has 0 aliphatic heterocycles. The molecule has 2 N–H and O–H groups in total. The first kappa shape index (κ1) is 12.5. The van der Waals surface area contributed by atoms with Crippen molar-refractivity contribution in [3.8, 4) is 11.4 Å². The van der Waals surface area contributed by atoms with E-state index in [0.717, 1.165) is 10.9 Å². The van der Waals surface area contributed by atoms with Crippen molar-refractivity contribution in [1.82, 2.24) is 24.7 Å². The van der Waals surface area contributed by atoms with Gasteiger partial charge in [-0.05, 0) is 6.07 Å². The van der Waals surface area contributed by atoms with Gasteiger partial charge in [0.25, 0.3) is 0 Å². The molecular formula is C15H11N5O2. The van der Waals surface area contributed by atoms with Crippen LogP contribution in [0.2, 0.25) is 0 Å². The Morgan fingerprint density at radius 2 is 2.14 bits per heavy atom. The first-order valence-corrected chi connectivity index (χ1v) is 6.64. The molecule has 0 amide bonds. The van der Waals surface area contributed by atoms with Gasteiger partial charge in [-0.2, -0.15) is 5.10 Å². The third-order valence-electron chi connectivity index (χ3n) is 3.61. The molecule has 0 radical (unpaired) electrons. The number of carboxylic acids is 1. The zero-order valence-electron chi connectivity index (χ0n) is 11.6. The molecule has 4 aromatic rings. The van der Waals surface area contributed by atoms with Crippen LogP contribution in [-0.2, 0) is 7.05 Å². The third kappa shape index (κ3) is 1.69. The molecule has 0 unspecified atom stereocenters. The van der Waals surface area contributed by atoms with Gasteiger partial charge in [-0.1, -0.05) is 18.2 Å². The maximum absolute atomic E-state index is 11.2. The first-order chi connectivity index (χ1) is 10.6. The Labute approximate surface area is 124 Å². The average molecular weight is 293 g/mol. The van der Waals surface area contributed by atoms with E-state index in [1.54, 1.807) is 10.9 Å². The van der Waals surface area contributed by atoms with Gasteiger partial charge in [0.05, 0.1) is 11.7 Å². The Balaban J connectivity index is 2.00. The van der Waals surface area contributed by atoms with Crippen LogP contribution in [0.3, 0.4) is 0 Å². The summed E-state index contributed by atoms with van der Waals surface area (Å²) in [5.74, 6) is -1.04. The number of nitrogens with zero attached hydrogens (tertiary/aromatic N) is 4. The lowest BCUT2D eigenvalue weighted by atomic mass is 10.1. The number of fused-ring (bicyclic) bond motifs is 2. The Morgan fingerprint density at radius 1 is 1.32 bits per heavy atom. The summed E-state index contributed by atoms with van der Waals surface area (Å²) >= 11 is 0. The normalized spacial score (nSPS) is 11.3. The molecule has 0 aliphatic carbocycles. The molecule has 0 fully saturated rings. The lowest BCUT2D eigenvalue weighted by Gasteiger charge is -1.98. The summed E-state index contributed by atoms with van der Waals surface area (Å²) in [6.07, 6.45) is 2.99. The van der Waals surface area contributed by atoms with E-state index in [2.05, 4.69) is 20.1 Å². The van der Waals surface area contributed by atoms with Crippen molar-refractivity contribution in [2.45, 2.75) is 0 Å². The Bertz CT molecular complexity index is 1030. The van der Waals surface area contributed by atoms with Crippen molar-refractivity contribution >= 4 is 28.0 Å². The Hall–Kier alpha value is -3.22. The molecule has 0 spiro atoms. The molecule has 108 valence electrons. The summed E-state index contributed by atoms with van der Waals surface area (Å²) in [5, 5.41) is 14.6. The van der Waals surface area contributed by atoms with Crippen LogP contribution in [0, 0.1) is 0 Å². The van der Waals surface area contributed by atoms with Gasteiger partial charge in [0.15, 0.2) is 5.65 Å². The summed E-state index contributed by atoms with van der Waals surface area (Å²) in [4.78, 5) is 22.7. The van der Waals surface area contributed by atoms with Gasteiger partial charge < -0.3 is 10.1 Å². The van der Waals surface area contributed by atoms with Crippen LogP contribution in [0.1, 0.15) is 10.4 Å². The SMILES string of the molecule is Cn1nc(-c2cnc3[nH]cc(C(=O)O)c3n2)c2ccccc21. The van der Waals surface area contributed by atoms with Gasteiger partial charge in [0.2, 0.25) is 0 Å². The van der Waals surface area contributed by atoms with E-state index in [0.29, 0.717) is 22.6 Å². The second kappa shape index (κ2) is 4.39. The molecule has 7 heteroatoms. The van der Waals surface area contributed by atoms with Gasteiger partial charge in [0.1, 0.15) is 22.5 Å². The number of aromatic carboxylic acids is 1. The van der Waals surface area contributed by atoms with Gasteiger partial charge in [-0.15, -0.1) is 0 Å². The maximum Gasteiger partial charge on any atom is 0.339 e. The maximum atomic E-state index is 11.2. The van der Waals surface area contributed by atoms with Crippen LogP contribution in [0.4, 0.5) is 0 Å². The molecule has 0 bridgehead atoms. The van der Waals surface area contributed by atoms with Gasteiger partial charge in [-0.3, -0.25) is 4.68 Å². The lowest BCUT2D eigenvalue weighted by Crippen LogP contribution is -1.97. The van der Waals surface area contributed by atoms with Crippen LogP contribution in [0.5, 0.6) is 0 Å². The fraction of sp³-hybridized carbons (Fsp3) is 0.0667. The molecule has 0 saturated heterocycles. The Morgan fingerprint density at radius 3 is 2.95 bits per heavy atom. The van der Waals surface area contributed by atoms with Gasteiger partial charge in [0, 0.05) is 18.6 Å². The molecule has 0 aliphatic rings. The second-order valence-corrected chi connectivity index (χ2v) is 4.95. The highest BCUT2D eigenvalue weighted by atomic mass is 16.4. The van der Waals surface area contributed by atoms with E-state index in [1.807, 2.05) is 31.3 Å². The van der Waals surface area contributed by atoms with Crippen LogP contribution < -0.4 is 0 Å². The van der Waals surface area contributed by atoms with Crippen molar-refractivity contribution in [2.75, 3.05) is 0 Å². The lowest BCUT2D eigenvalue weighted by molar-refractivity contribution is 0.0699. The topological polar surface area (TPSA) is 96.7 Å². The van der Waals surface area contributed by atoms with Crippen molar-refractivity contribution in [3.63, 3.8) is 0 Å². The van der Waals surface area contributed by atoms with Crippen molar-refractivity contribution in [3.05, 3.63) is 42.2 Å². The number of H-pyrrole nitrogens is 1. The van der Waals surface area contributed by atoms with E-state index in [4.69, 9.17) is 0 Å². The number of nitrogens with one attached hydrogen (secondary N) is 1. The molecule has 1 aromatic carbocycles. The van der Waals surface area contributed by atoms with Crippen LogP contribution in [-0.4, -0.2) is 35.8 Å². The van der Waals surface area contributed by atoms with E-state index in [-0.39, 0.29) is 5.56 Å². The number of aromatic nitrogens is 5. The summed E-state index contributed by atoms with van der Waals surface area (Å²) < 4.78 is 1.77. The third-order valence-corrected chi connectivity index (χ3v) is 3.61. The number of rotatable bonds is 2. The molecule has 3 aromatic heterocycles. The van der Waals surface area contributed by atoms with Crippen molar-refractivity contribution in [2.24, 2.45) is 7.05 Å². The number of benzene rings is 1. The summed E-state index contributed by atoms with van der Waals surface area (Å²) in [5.41, 5.74) is 3.09. The number of aromatic amines is 1. The minimum atomic E-state index is -1.04. The molecule has 0 atom stereocenters. The minimum Gasteiger partial charge on any atom is -0.478 e. The minimum absolute atomic E-state index is 0.101. The highest BCUT2D eigenvalue weighted by Gasteiger charge is 2.16. The highest BCUT2D eigenvalue weighted by Crippen LogP contribution is 2.27.